The average Bonchev–Trinajstić information content (AvgIpc) is 2.46. The number of ether oxygens (including phenoxy) is 1. The lowest BCUT2D eigenvalue weighted by Gasteiger charge is -2.11. The number of aliphatic imine (C=N–C) groups is 1. The second kappa shape index (κ2) is 10.3. The Labute approximate surface area is 115 Å². The fourth-order valence-electron chi connectivity index (χ4n) is 1.62. The molecule has 2 N–H and O–H groups in total. The Balaban J connectivity index is 2.12. The van der Waals surface area contributed by atoms with Gasteiger partial charge in [-0.1, -0.05) is 6.07 Å². The highest BCUT2D eigenvalue weighted by Crippen LogP contribution is 1.95. The number of rotatable bonds is 8. The van der Waals surface area contributed by atoms with Crippen LogP contribution < -0.4 is 10.6 Å². The average molecular weight is 264 g/mol. The smallest absolute Gasteiger partial charge is 0.190 e. The lowest BCUT2D eigenvalue weighted by molar-refractivity contribution is 0.145. The molecule has 106 valence electrons. The Hall–Kier alpha value is -1.62. The highest BCUT2D eigenvalue weighted by molar-refractivity contribution is 5.79. The first-order chi connectivity index (χ1) is 9.36. The molecule has 0 aliphatic carbocycles. The van der Waals surface area contributed by atoms with Crippen LogP contribution in [0.1, 0.15) is 18.9 Å². The molecule has 0 atom stereocenters. The van der Waals surface area contributed by atoms with Crippen molar-refractivity contribution in [2.24, 2.45) is 4.99 Å². The molecule has 0 radical (unpaired) electrons. The predicted molar refractivity (Wildman–Crippen MR) is 78.4 cm³/mol. The third-order valence-corrected chi connectivity index (χ3v) is 2.61. The Kier molecular flexibility index (Phi) is 8.38. The summed E-state index contributed by atoms with van der Waals surface area (Å²) in [5.74, 6) is 0.834. The molecule has 1 aromatic heterocycles. The lowest BCUT2D eigenvalue weighted by Crippen LogP contribution is -2.39. The molecule has 0 unspecified atom stereocenters. The minimum atomic E-state index is 0.776. The van der Waals surface area contributed by atoms with E-state index in [2.05, 4.69) is 26.7 Å². The van der Waals surface area contributed by atoms with Crippen molar-refractivity contribution in [3.05, 3.63) is 30.1 Å². The molecule has 0 spiro atoms. The largest absolute Gasteiger partial charge is 0.382 e. The van der Waals surface area contributed by atoms with Gasteiger partial charge in [-0.25, -0.2) is 0 Å². The topological polar surface area (TPSA) is 58.5 Å². The van der Waals surface area contributed by atoms with E-state index >= 15 is 0 Å². The Morgan fingerprint density at radius 2 is 2.21 bits per heavy atom. The van der Waals surface area contributed by atoms with Gasteiger partial charge in [0.25, 0.3) is 0 Å². The van der Waals surface area contributed by atoms with Gasteiger partial charge in [0.05, 0.1) is 0 Å². The van der Waals surface area contributed by atoms with Gasteiger partial charge in [0.1, 0.15) is 0 Å². The number of hydrogen-bond acceptors (Lipinski definition) is 3. The first-order valence-electron chi connectivity index (χ1n) is 6.78. The zero-order chi connectivity index (χ0) is 13.8. The van der Waals surface area contributed by atoms with E-state index in [9.17, 15) is 0 Å². The molecule has 1 heterocycles. The molecule has 19 heavy (non-hydrogen) atoms. The number of guanidine groups is 1. The van der Waals surface area contributed by atoms with Crippen molar-refractivity contribution >= 4 is 5.96 Å². The Bertz CT molecular complexity index is 354. The van der Waals surface area contributed by atoms with E-state index in [0.717, 1.165) is 45.1 Å². The monoisotopic (exact) mass is 264 g/mol. The summed E-state index contributed by atoms with van der Waals surface area (Å²) in [6.07, 6.45) is 5.60. The maximum atomic E-state index is 5.28. The van der Waals surface area contributed by atoms with Gasteiger partial charge in [0.15, 0.2) is 5.96 Å². The number of pyridine rings is 1. The van der Waals surface area contributed by atoms with Gasteiger partial charge in [-0.2, -0.15) is 0 Å². The predicted octanol–water partition coefficient (Wildman–Crippen LogP) is 1.22. The normalized spacial score (nSPS) is 11.4. The molecule has 0 bridgehead atoms. The van der Waals surface area contributed by atoms with Gasteiger partial charge < -0.3 is 15.4 Å². The van der Waals surface area contributed by atoms with E-state index in [-0.39, 0.29) is 0 Å². The maximum absolute atomic E-state index is 5.28. The van der Waals surface area contributed by atoms with Crippen LogP contribution in [0.5, 0.6) is 0 Å². The third-order valence-electron chi connectivity index (χ3n) is 2.61. The summed E-state index contributed by atoms with van der Waals surface area (Å²) < 4.78 is 5.28. The van der Waals surface area contributed by atoms with Gasteiger partial charge in [0, 0.05) is 45.7 Å². The fourth-order valence-corrected chi connectivity index (χ4v) is 1.62. The van der Waals surface area contributed by atoms with Crippen LogP contribution in [0.15, 0.2) is 29.5 Å². The molecule has 0 amide bonds. The third kappa shape index (κ3) is 7.41. The van der Waals surface area contributed by atoms with Gasteiger partial charge in [0.2, 0.25) is 0 Å². The van der Waals surface area contributed by atoms with E-state index in [0.29, 0.717) is 0 Å². The van der Waals surface area contributed by atoms with Crippen molar-refractivity contribution < 1.29 is 4.74 Å². The zero-order valence-electron chi connectivity index (χ0n) is 11.9. The van der Waals surface area contributed by atoms with Crippen LogP contribution in [0.3, 0.4) is 0 Å². The number of nitrogens with zero attached hydrogens (tertiary/aromatic N) is 2. The lowest BCUT2D eigenvalue weighted by atomic mass is 10.2. The van der Waals surface area contributed by atoms with Gasteiger partial charge >= 0.3 is 0 Å². The summed E-state index contributed by atoms with van der Waals surface area (Å²) in [4.78, 5) is 8.27. The van der Waals surface area contributed by atoms with E-state index < -0.39 is 0 Å². The number of nitrogens with one attached hydrogen (secondary N) is 2. The quantitative estimate of drug-likeness (QED) is 0.421. The molecular formula is C14H24N4O. The summed E-state index contributed by atoms with van der Waals surface area (Å²) in [5.41, 5.74) is 1.22. The summed E-state index contributed by atoms with van der Waals surface area (Å²) in [7, 11) is 1.78. The van der Waals surface area contributed by atoms with Crippen molar-refractivity contribution in [1.82, 2.24) is 15.6 Å². The van der Waals surface area contributed by atoms with Crippen LogP contribution in [0.25, 0.3) is 0 Å². The van der Waals surface area contributed by atoms with E-state index in [1.54, 1.807) is 13.2 Å². The number of aromatic nitrogens is 1. The van der Waals surface area contributed by atoms with Crippen LogP contribution in [-0.4, -0.2) is 44.3 Å². The highest BCUT2D eigenvalue weighted by atomic mass is 16.5. The molecular weight excluding hydrogens is 240 g/mol. The van der Waals surface area contributed by atoms with E-state index in [1.807, 2.05) is 19.2 Å². The SMILES string of the molecule is CCOCCCNC(=NC)NCCc1cccnc1. The first-order valence-corrected chi connectivity index (χ1v) is 6.78. The summed E-state index contributed by atoms with van der Waals surface area (Å²) in [6, 6.07) is 4.03. The van der Waals surface area contributed by atoms with Crippen molar-refractivity contribution in [2.75, 3.05) is 33.4 Å². The molecule has 0 aliphatic rings. The summed E-state index contributed by atoms with van der Waals surface area (Å²) in [5, 5.41) is 6.54. The van der Waals surface area contributed by atoms with Gasteiger partial charge in [-0.3, -0.25) is 9.98 Å². The fraction of sp³-hybridized carbons (Fsp3) is 0.571. The van der Waals surface area contributed by atoms with Crippen LogP contribution in [0.4, 0.5) is 0 Å². The molecule has 5 heteroatoms. The standard InChI is InChI=1S/C14H24N4O/c1-3-19-11-5-9-17-14(15-2)18-10-7-13-6-4-8-16-12-13/h4,6,8,12H,3,5,7,9-11H2,1-2H3,(H2,15,17,18). The minimum absolute atomic E-state index is 0.776. The Morgan fingerprint density at radius 3 is 2.89 bits per heavy atom. The van der Waals surface area contributed by atoms with Crippen molar-refractivity contribution in [2.45, 2.75) is 19.8 Å². The number of hydrogen-bond donors (Lipinski definition) is 2. The van der Waals surface area contributed by atoms with Crippen molar-refractivity contribution in [3.8, 4) is 0 Å². The molecule has 0 saturated heterocycles. The molecule has 0 aliphatic heterocycles. The molecule has 0 saturated carbocycles. The van der Waals surface area contributed by atoms with E-state index in [4.69, 9.17) is 4.74 Å². The van der Waals surface area contributed by atoms with Crippen LogP contribution in [0, 0.1) is 0 Å². The van der Waals surface area contributed by atoms with Crippen LogP contribution in [0.2, 0.25) is 0 Å². The molecule has 0 fully saturated rings. The van der Waals surface area contributed by atoms with Gasteiger partial charge in [-0.15, -0.1) is 0 Å². The minimum Gasteiger partial charge on any atom is -0.382 e. The molecule has 1 aromatic rings. The highest BCUT2D eigenvalue weighted by Gasteiger charge is 1.97. The van der Waals surface area contributed by atoms with E-state index in [1.165, 1.54) is 5.56 Å². The van der Waals surface area contributed by atoms with Crippen LogP contribution >= 0.6 is 0 Å². The van der Waals surface area contributed by atoms with Crippen molar-refractivity contribution in [3.63, 3.8) is 0 Å². The van der Waals surface area contributed by atoms with Crippen LogP contribution in [-0.2, 0) is 11.2 Å². The van der Waals surface area contributed by atoms with Crippen molar-refractivity contribution in [1.29, 1.82) is 0 Å². The zero-order valence-corrected chi connectivity index (χ0v) is 11.9. The first kappa shape index (κ1) is 15.4. The maximum Gasteiger partial charge on any atom is 0.190 e. The second-order valence-electron chi connectivity index (χ2n) is 4.09. The van der Waals surface area contributed by atoms with Gasteiger partial charge in [-0.05, 0) is 31.4 Å². The molecule has 0 aromatic carbocycles. The molecule has 1 rings (SSSR count). The summed E-state index contributed by atoms with van der Waals surface area (Å²) in [6.45, 7) is 5.28. The molecule has 5 nitrogen and oxygen atoms in total. The Morgan fingerprint density at radius 1 is 1.37 bits per heavy atom. The summed E-state index contributed by atoms with van der Waals surface area (Å²) >= 11 is 0. The second-order valence-corrected chi connectivity index (χ2v) is 4.09.